The summed E-state index contributed by atoms with van der Waals surface area (Å²) in [6, 6.07) is 13.9. The van der Waals surface area contributed by atoms with E-state index in [1.165, 1.54) is 16.8 Å². The number of hydrogen-bond acceptors (Lipinski definition) is 7. The van der Waals surface area contributed by atoms with Crippen LogP contribution in [-0.4, -0.2) is 53.6 Å². The zero-order chi connectivity index (χ0) is 22.9. The average molecular weight is 447 g/mol. The van der Waals surface area contributed by atoms with Gasteiger partial charge in [-0.15, -0.1) is 5.10 Å². The molecule has 4 aromatic rings. The number of ether oxygens (including phenoxy) is 1. The zero-order valence-electron chi connectivity index (χ0n) is 17.4. The van der Waals surface area contributed by atoms with Gasteiger partial charge in [0, 0.05) is 18.0 Å². The maximum atomic E-state index is 12.3. The Balaban J connectivity index is 1.43. The highest BCUT2D eigenvalue weighted by Crippen LogP contribution is 2.27. The maximum Gasteiger partial charge on any atom is 0.330 e. The Morgan fingerprint density at radius 3 is 2.76 bits per heavy atom. The molecule has 2 aromatic carbocycles. The van der Waals surface area contributed by atoms with Gasteiger partial charge in [-0.2, -0.15) is 0 Å². The number of nitrogens with one attached hydrogen (secondary N) is 1. The van der Waals surface area contributed by atoms with Gasteiger partial charge in [-0.05, 0) is 23.6 Å². The number of aromatic nitrogens is 5. The number of hydrogen-bond donors (Lipinski definition) is 3. The van der Waals surface area contributed by atoms with Crippen LogP contribution in [0.2, 0.25) is 0 Å². The van der Waals surface area contributed by atoms with Crippen LogP contribution in [0.25, 0.3) is 28.6 Å². The molecule has 10 nitrogen and oxygen atoms in total. The highest BCUT2D eigenvalue weighted by molar-refractivity contribution is 5.90. The molecule has 168 valence electrons. The second kappa shape index (κ2) is 8.58. The lowest BCUT2D eigenvalue weighted by molar-refractivity contribution is -0.0459. The number of H-pyrrole nitrogens is 1. The summed E-state index contributed by atoms with van der Waals surface area (Å²) >= 11 is 0. The van der Waals surface area contributed by atoms with Gasteiger partial charge < -0.3 is 14.9 Å². The van der Waals surface area contributed by atoms with Crippen molar-refractivity contribution in [2.24, 2.45) is 0 Å². The van der Waals surface area contributed by atoms with Crippen molar-refractivity contribution in [3.05, 3.63) is 87.0 Å². The molecule has 2 aromatic heterocycles. The second-order valence-corrected chi connectivity index (χ2v) is 7.79. The van der Waals surface area contributed by atoms with E-state index in [1.807, 2.05) is 42.5 Å². The number of fused-ring (bicyclic) bond motifs is 1. The molecule has 1 fully saturated rings. The van der Waals surface area contributed by atoms with Crippen molar-refractivity contribution in [1.82, 2.24) is 24.5 Å². The molecule has 33 heavy (non-hydrogen) atoms. The number of aliphatic hydroxyl groups excluding tert-OH is 2. The van der Waals surface area contributed by atoms with E-state index in [4.69, 9.17) is 4.74 Å². The van der Waals surface area contributed by atoms with Crippen molar-refractivity contribution in [3.63, 3.8) is 0 Å². The van der Waals surface area contributed by atoms with Gasteiger partial charge in [0.25, 0.3) is 5.56 Å². The fourth-order valence-corrected chi connectivity index (χ4v) is 3.94. The first-order chi connectivity index (χ1) is 16.0. The molecule has 0 amide bonds. The van der Waals surface area contributed by atoms with Crippen LogP contribution >= 0.6 is 0 Å². The third-order valence-electron chi connectivity index (χ3n) is 5.65. The lowest BCUT2D eigenvalue weighted by Gasteiger charge is -2.14. The smallest absolute Gasteiger partial charge is 0.330 e. The predicted molar refractivity (Wildman–Crippen MR) is 121 cm³/mol. The minimum absolute atomic E-state index is 0.125. The quantitative estimate of drug-likeness (QED) is 0.417. The molecule has 0 aliphatic carbocycles. The minimum atomic E-state index is -0.901. The number of rotatable bonds is 5. The van der Waals surface area contributed by atoms with Crippen molar-refractivity contribution in [2.45, 2.75) is 24.9 Å². The highest BCUT2D eigenvalue weighted by Gasteiger charge is 2.35. The van der Waals surface area contributed by atoms with E-state index in [0.717, 1.165) is 16.5 Å². The van der Waals surface area contributed by atoms with Crippen LogP contribution in [0, 0.1) is 0 Å². The zero-order valence-corrected chi connectivity index (χ0v) is 17.4. The van der Waals surface area contributed by atoms with Crippen molar-refractivity contribution in [3.8, 4) is 5.69 Å². The molecule has 1 saturated heterocycles. The Hall–Kier alpha value is -3.86. The standard InChI is InChI=1S/C23H21N5O5/c29-13-20-19(30)10-21(33-20)27-11-15(22(31)24-23(27)32)8-9-16-12-28(26-25-16)18-7-3-5-14-4-1-2-6-17(14)18/h1-9,11-12,19-21,29-30H,10,13H2,(H,24,31,32)/b9-8+/t19-,20+,21+/m0/s1. The van der Waals surface area contributed by atoms with Crippen molar-refractivity contribution in [1.29, 1.82) is 0 Å². The third-order valence-corrected chi connectivity index (χ3v) is 5.65. The number of aromatic amines is 1. The largest absolute Gasteiger partial charge is 0.394 e. The molecular weight excluding hydrogens is 426 g/mol. The van der Waals surface area contributed by atoms with Crippen LogP contribution in [0.3, 0.4) is 0 Å². The topological polar surface area (TPSA) is 135 Å². The Morgan fingerprint density at radius 2 is 1.94 bits per heavy atom. The molecule has 10 heteroatoms. The molecule has 3 heterocycles. The summed E-state index contributed by atoms with van der Waals surface area (Å²) in [7, 11) is 0. The highest BCUT2D eigenvalue weighted by atomic mass is 16.5. The Kier molecular flexibility index (Phi) is 5.47. The van der Waals surface area contributed by atoms with Crippen molar-refractivity contribution < 1.29 is 14.9 Å². The molecule has 0 unspecified atom stereocenters. The normalized spacial score (nSPS) is 20.7. The molecule has 0 saturated carbocycles. The SMILES string of the molecule is O=c1[nH]c(=O)n([C@H]2C[C@H](O)[C@@H](CO)O2)cc1/C=C/c1cn(-c2cccc3ccccc23)nn1. The summed E-state index contributed by atoms with van der Waals surface area (Å²) in [5.74, 6) is 0. The van der Waals surface area contributed by atoms with Crippen LogP contribution in [0.4, 0.5) is 0 Å². The van der Waals surface area contributed by atoms with Crippen molar-refractivity contribution >= 4 is 22.9 Å². The average Bonchev–Trinajstić information content (AvgIpc) is 3.44. The molecule has 3 N–H and O–H groups in total. The summed E-state index contributed by atoms with van der Waals surface area (Å²) in [5, 5.41) is 29.7. The van der Waals surface area contributed by atoms with Gasteiger partial charge >= 0.3 is 5.69 Å². The minimum Gasteiger partial charge on any atom is -0.394 e. The third kappa shape index (κ3) is 4.02. The summed E-state index contributed by atoms with van der Waals surface area (Å²) < 4.78 is 8.39. The first-order valence-electron chi connectivity index (χ1n) is 10.4. The fraction of sp³-hybridized carbons (Fsp3) is 0.217. The Morgan fingerprint density at radius 1 is 1.12 bits per heavy atom. The van der Waals surface area contributed by atoms with Crippen LogP contribution in [0.1, 0.15) is 23.9 Å². The molecule has 0 radical (unpaired) electrons. The van der Waals surface area contributed by atoms with E-state index >= 15 is 0 Å². The van der Waals surface area contributed by atoms with Gasteiger partial charge in [0.2, 0.25) is 0 Å². The van der Waals surface area contributed by atoms with Gasteiger partial charge in [-0.1, -0.05) is 41.6 Å². The van der Waals surface area contributed by atoms with E-state index in [1.54, 1.807) is 17.0 Å². The monoisotopic (exact) mass is 447 g/mol. The lowest BCUT2D eigenvalue weighted by Crippen LogP contribution is -2.33. The number of benzene rings is 2. The summed E-state index contributed by atoms with van der Waals surface area (Å²) in [6.07, 6.45) is 3.91. The fourth-order valence-electron chi connectivity index (χ4n) is 3.94. The van der Waals surface area contributed by atoms with Gasteiger partial charge in [-0.3, -0.25) is 14.3 Å². The van der Waals surface area contributed by atoms with E-state index in [-0.39, 0.29) is 18.6 Å². The van der Waals surface area contributed by atoms with Gasteiger partial charge in [-0.25, -0.2) is 9.48 Å². The first-order valence-corrected chi connectivity index (χ1v) is 10.4. The second-order valence-electron chi connectivity index (χ2n) is 7.79. The van der Waals surface area contributed by atoms with E-state index in [2.05, 4.69) is 15.3 Å². The maximum absolute atomic E-state index is 12.3. The van der Waals surface area contributed by atoms with Gasteiger partial charge in [0.05, 0.1) is 30.2 Å². The summed E-state index contributed by atoms with van der Waals surface area (Å²) in [5.41, 5.74) is 0.385. The molecule has 1 aliphatic rings. The summed E-state index contributed by atoms with van der Waals surface area (Å²) in [6.45, 7) is -0.366. The molecule has 0 bridgehead atoms. The molecule has 1 aliphatic heterocycles. The summed E-state index contributed by atoms with van der Waals surface area (Å²) in [4.78, 5) is 26.8. The molecule has 3 atom stereocenters. The molecule has 0 spiro atoms. The Labute approximate surface area is 187 Å². The van der Waals surface area contributed by atoms with E-state index < -0.39 is 29.7 Å². The molecule has 5 rings (SSSR count). The first kappa shape index (κ1) is 21.0. The van der Waals surface area contributed by atoms with Crippen LogP contribution in [-0.2, 0) is 4.74 Å². The van der Waals surface area contributed by atoms with Gasteiger partial charge in [0.15, 0.2) is 0 Å². The van der Waals surface area contributed by atoms with E-state index in [9.17, 15) is 19.8 Å². The van der Waals surface area contributed by atoms with Gasteiger partial charge in [0.1, 0.15) is 18.0 Å². The molecular formula is C23H21N5O5. The number of nitrogens with zero attached hydrogens (tertiary/aromatic N) is 4. The van der Waals surface area contributed by atoms with Crippen LogP contribution in [0.15, 0.2) is 64.4 Å². The van der Waals surface area contributed by atoms with E-state index in [0.29, 0.717) is 5.69 Å². The van der Waals surface area contributed by atoms with Crippen molar-refractivity contribution in [2.75, 3.05) is 6.61 Å². The van der Waals surface area contributed by atoms with Crippen LogP contribution < -0.4 is 11.2 Å². The predicted octanol–water partition coefficient (Wildman–Crippen LogP) is 1.08. The Bertz CT molecular complexity index is 1450. The van der Waals surface area contributed by atoms with Crippen LogP contribution in [0.5, 0.6) is 0 Å². The number of aliphatic hydroxyl groups is 2. The lowest BCUT2D eigenvalue weighted by atomic mass is 10.1.